The SMILES string of the molecule is CCCCCCN1CC(O)C(n2cc(C3CC3)nn2)CC1c1ccccc1. The lowest BCUT2D eigenvalue weighted by Gasteiger charge is -2.42. The Labute approximate surface area is 162 Å². The number of likely N-dealkylation sites (tertiary alicyclic amines) is 1. The van der Waals surface area contributed by atoms with Crippen LogP contribution < -0.4 is 0 Å². The molecule has 0 bridgehead atoms. The molecule has 1 saturated heterocycles. The van der Waals surface area contributed by atoms with Crippen molar-refractivity contribution >= 4 is 0 Å². The van der Waals surface area contributed by atoms with E-state index in [1.54, 1.807) is 0 Å². The van der Waals surface area contributed by atoms with Crippen LogP contribution in [-0.2, 0) is 0 Å². The summed E-state index contributed by atoms with van der Waals surface area (Å²) in [6.07, 6.45) is 10.0. The van der Waals surface area contributed by atoms with E-state index in [0.717, 1.165) is 18.7 Å². The Kier molecular flexibility index (Phi) is 5.89. The second-order valence-corrected chi connectivity index (χ2v) is 8.25. The van der Waals surface area contributed by atoms with Crippen LogP contribution in [0.1, 0.15) is 81.1 Å². The number of rotatable bonds is 8. The van der Waals surface area contributed by atoms with Crippen molar-refractivity contribution in [3.8, 4) is 0 Å². The van der Waals surface area contributed by atoms with Gasteiger partial charge in [0.15, 0.2) is 0 Å². The third-order valence-corrected chi connectivity index (χ3v) is 6.12. The highest BCUT2D eigenvalue weighted by atomic mass is 16.3. The van der Waals surface area contributed by atoms with Gasteiger partial charge in [0.2, 0.25) is 0 Å². The normalized spacial score (nSPS) is 26.4. The van der Waals surface area contributed by atoms with E-state index < -0.39 is 6.10 Å². The van der Waals surface area contributed by atoms with Crippen LogP contribution in [0.15, 0.2) is 36.5 Å². The molecular formula is C22H32N4O. The quantitative estimate of drug-likeness (QED) is 0.713. The van der Waals surface area contributed by atoms with Gasteiger partial charge in [-0.15, -0.1) is 5.10 Å². The molecule has 1 aromatic heterocycles. The minimum Gasteiger partial charge on any atom is -0.390 e. The second-order valence-electron chi connectivity index (χ2n) is 8.25. The lowest BCUT2D eigenvalue weighted by molar-refractivity contribution is -0.0102. The number of aromatic nitrogens is 3. The van der Waals surface area contributed by atoms with Gasteiger partial charge < -0.3 is 5.11 Å². The zero-order valence-electron chi connectivity index (χ0n) is 16.4. The minimum atomic E-state index is -0.398. The average Bonchev–Trinajstić information content (AvgIpc) is 3.43. The fourth-order valence-electron chi connectivity index (χ4n) is 4.34. The van der Waals surface area contributed by atoms with Gasteiger partial charge in [-0.05, 0) is 37.8 Å². The first-order chi connectivity index (χ1) is 13.3. The molecule has 3 atom stereocenters. The van der Waals surface area contributed by atoms with Gasteiger partial charge in [0, 0.05) is 24.7 Å². The molecule has 5 heteroatoms. The van der Waals surface area contributed by atoms with Crippen molar-refractivity contribution in [3.05, 3.63) is 47.8 Å². The Morgan fingerprint density at radius 2 is 1.93 bits per heavy atom. The van der Waals surface area contributed by atoms with E-state index in [2.05, 4.69) is 58.7 Å². The molecule has 2 fully saturated rings. The standard InChI is InChI=1S/C22H32N4O/c1-2-3-4-8-13-25-16-22(27)21(14-20(25)18-9-6-5-7-10-18)26-15-19(23-24-26)17-11-12-17/h5-7,9-10,15,17,20-22,27H,2-4,8,11-14,16H2,1H3. The molecule has 1 N–H and O–H groups in total. The van der Waals surface area contributed by atoms with Crippen LogP contribution in [0.5, 0.6) is 0 Å². The average molecular weight is 369 g/mol. The van der Waals surface area contributed by atoms with E-state index in [4.69, 9.17) is 0 Å². The first-order valence-corrected chi connectivity index (χ1v) is 10.6. The Morgan fingerprint density at radius 3 is 2.67 bits per heavy atom. The number of hydrogen-bond donors (Lipinski definition) is 1. The molecule has 2 aromatic rings. The second kappa shape index (κ2) is 8.53. The van der Waals surface area contributed by atoms with Crippen LogP contribution in [0.3, 0.4) is 0 Å². The summed E-state index contributed by atoms with van der Waals surface area (Å²) in [7, 11) is 0. The van der Waals surface area contributed by atoms with Gasteiger partial charge in [0.25, 0.3) is 0 Å². The summed E-state index contributed by atoms with van der Waals surface area (Å²) in [5, 5.41) is 19.6. The fourth-order valence-corrected chi connectivity index (χ4v) is 4.34. The topological polar surface area (TPSA) is 54.2 Å². The lowest BCUT2D eigenvalue weighted by atomic mass is 9.89. The summed E-state index contributed by atoms with van der Waals surface area (Å²) in [5.74, 6) is 0.597. The highest BCUT2D eigenvalue weighted by Crippen LogP contribution is 2.40. The zero-order valence-corrected chi connectivity index (χ0v) is 16.4. The van der Waals surface area contributed by atoms with Gasteiger partial charge in [-0.2, -0.15) is 0 Å². The summed E-state index contributed by atoms with van der Waals surface area (Å²) >= 11 is 0. The van der Waals surface area contributed by atoms with Crippen LogP contribution in [0.4, 0.5) is 0 Å². The summed E-state index contributed by atoms with van der Waals surface area (Å²) in [4.78, 5) is 2.48. The molecule has 1 saturated carbocycles. The maximum Gasteiger partial charge on any atom is 0.0892 e. The number of nitrogens with zero attached hydrogens (tertiary/aromatic N) is 4. The molecule has 5 nitrogen and oxygen atoms in total. The van der Waals surface area contributed by atoms with Gasteiger partial charge >= 0.3 is 0 Å². The zero-order chi connectivity index (χ0) is 18.6. The first kappa shape index (κ1) is 18.6. The lowest BCUT2D eigenvalue weighted by Crippen LogP contribution is -2.46. The summed E-state index contributed by atoms with van der Waals surface area (Å²) in [5.41, 5.74) is 2.44. The summed E-state index contributed by atoms with van der Waals surface area (Å²) in [6.45, 7) is 4.00. The van der Waals surface area contributed by atoms with Crippen LogP contribution in [0.2, 0.25) is 0 Å². The number of piperidine rings is 1. The number of aliphatic hydroxyl groups excluding tert-OH is 1. The fraction of sp³-hybridized carbons (Fsp3) is 0.636. The van der Waals surface area contributed by atoms with Crippen molar-refractivity contribution in [3.63, 3.8) is 0 Å². The van der Waals surface area contributed by atoms with Crippen LogP contribution in [0, 0.1) is 0 Å². The van der Waals surface area contributed by atoms with Crippen LogP contribution >= 0.6 is 0 Å². The Balaban J connectivity index is 1.50. The largest absolute Gasteiger partial charge is 0.390 e. The molecule has 1 aliphatic heterocycles. The number of β-amino-alcohol motifs (C(OH)–C–C–N with tert-alkyl or cyclic N) is 1. The van der Waals surface area contributed by atoms with E-state index in [0.29, 0.717) is 18.5 Å². The molecule has 0 radical (unpaired) electrons. The third-order valence-electron chi connectivity index (χ3n) is 6.12. The van der Waals surface area contributed by atoms with E-state index in [1.807, 2.05) is 4.68 Å². The number of aliphatic hydroxyl groups is 1. The van der Waals surface area contributed by atoms with Gasteiger partial charge in [0.05, 0.1) is 17.8 Å². The van der Waals surface area contributed by atoms with Crippen molar-refractivity contribution < 1.29 is 5.11 Å². The van der Waals surface area contributed by atoms with Crippen molar-refractivity contribution in [1.29, 1.82) is 0 Å². The molecule has 1 aromatic carbocycles. The predicted molar refractivity (Wildman–Crippen MR) is 107 cm³/mol. The highest BCUT2D eigenvalue weighted by molar-refractivity contribution is 5.20. The van der Waals surface area contributed by atoms with Crippen molar-refractivity contribution in [2.24, 2.45) is 0 Å². The maximum atomic E-state index is 10.9. The van der Waals surface area contributed by atoms with Gasteiger partial charge in [0.1, 0.15) is 0 Å². The molecule has 27 heavy (non-hydrogen) atoms. The van der Waals surface area contributed by atoms with Crippen LogP contribution in [-0.4, -0.2) is 44.2 Å². The minimum absolute atomic E-state index is 0.00194. The molecular weight excluding hydrogens is 336 g/mol. The smallest absolute Gasteiger partial charge is 0.0892 e. The first-order valence-electron chi connectivity index (χ1n) is 10.6. The Bertz CT molecular complexity index is 712. The summed E-state index contributed by atoms with van der Waals surface area (Å²) < 4.78 is 1.93. The molecule has 4 rings (SSSR count). The third kappa shape index (κ3) is 4.41. The molecule has 0 spiro atoms. The van der Waals surface area contributed by atoms with Crippen molar-refractivity contribution in [1.82, 2.24) is 19.9 Å². The Morgan fingerprint density at radius 1 is 1.11 bits per heavy atom. The molecule has 3 unspecified atom stereocenters. The van der Waals surface area contributed by atoms with Crippen LogP contribution in [0.25, 0.3) is 0 Å². The predicted octanol–water partition coefficient (Wildman–Crippen LogP) is 4.08. The maximum absolute atomic E-state index is 10.9. The molecule has 0 amide bonds. The molecule has 2 aliphatic rings. The van der Waals surface area contributed by atoms with Crippen molar-refractivity contribution in [2.45, 2.75) is 76.0 Å². The summed E-state index contributed by atoms with van der Waals surface area (Å²) in [6, 6.07) is 11.1. The number of benzene rings is 1. The van der Waals surface area contributed by atoms with E-state index in [1.165, 1.54) is 44.1 Å². The molecule has 146 valence electrons. The molecule has 1 aliphatic carbocycles. The monoisotopic (exact) mass is 368 g/mol. The Hall–Kier alpha value is -1.72. The van der Waals surface area contributed by atoms with E-state index in [-0.39, 0.29) is 6.04 Å². The van der Waals surface area contributed by atoms with Gasteiger partial charge in [-0.1, -0.05) is 61.7 Å². The van der Waals surface area contributed by atoms with Gasteiger partial charge in [-0.3, -0.25) is 4.90 Å². The van der Waals surface area contributed by atoms with Crippen molar-refractivity contribution in [2.75, 3.05) is 13.1 Å². The van der Waals surface area contributed by atoms with E-state index in [9.17, 15) is 5.11 Å². The highest BCUT2D eigenvalue weighted by Gasteiger charge is 2.37. The number of hydrogen-bond acceptors (Lipinski definition) is 4. The van der Waals surface area contributed by atoms with E-state index >= 15 is 0 Å². The number of unbranched alkanes of at least 4 members (excludes halogenated alkanes) is 3. The van der Waals surface area contributed by atoms with Gasteiger partial charge in [-0.25, -0.2) is 4.68 Å². The molecule has 2 heterocycles.